The molecule has 0 aromatic heterocycles. The maximum Gasteiger partial charge on any atom is 0.237 e. The Kier molecular flexibility index (Phi) is 12.1. The van der Waals surface area contributed by atoms with Crippen molar-refractivity contribution in [1.82, 2.24) is 10.6 Å². The van der Waals surface area contributed by atoms with Gasteiger partial charge in [0.25, 0.3) is 0 Å². The number of unbranched alkanes of at least 4 members (excludes halogenated alkanes) is 2. The van der Waals surface area contributed by atoms with Crippen LogP contribution in [0, 0.1) is 5.92 Å². The van der Waals surface area contributed by atoms with Crippen LogP contribution in [0.3, 0.4) is 0 Å². The minimum Gasteiger partial charge on any atom is -0.388 e. The van der Waals surface area contributed by atoms with E-state index in [2.05, 4.69) is 17.6 Å². The van der Waals surface area contributed by atoms with Gasteiger partial charge in [0.15, 0.2) is 0 Å². The zero-order chi connectivity index (χ0) is 20.8. The largest absolute Gasteiger partial charge is 0.388 e. The summed E-state index contributed by atoms with van der Waals surface area (Å²) in [6.07, 6.45) is 2.39. The summed E-state index contributed by atoms with van der Waals surface area (Å²) in [5, 5.41) is 36.3. The van der Waals surface area contributed by atoms with Gasteiger partial charge in [-0.3, -0.25) is 4.79 Å². The maximum absolute atomic E-state index is 12.8. The lowest BCUT2D eigenvalue weighted by molar-refractivity contribution is -0.205. The number of amides is 1. The van der Waals surface area contributed by atoms with Gasteiger partial charge >= 0.3 is 0 Å². The molecule has 5 N–H and O–H groups in total. The van der Waals surface area contributed by atoms with Crippen LogP contribution in [0.15, 0.2) is 0 Å². The molecular formula is C19H36Cl2N2O5S. The Labute approximate surface area is 189 Å². The van der Waals surface area contributed by atoms with E-state index < -0.39 is 41.3 Å². The summed E-state index contributed by atoms with van der Waals surface area (Å²) >= 11 is 7.54. The van der Waals surface area contributed by atoms with Gasteiger partial charge in [0, 0.05) is 0 Å². The lowest BCUT2D eigenvalue weighted by Crippen LogP contribution is -2.65. The highest BCUT2D eigenvalue weighted by atomic mass is 35.5. The molecule has 2 rings (SSSR count). The monoisotopic (exact) mass is 474 g/mol. The zero-order valence-corrected chi connectivity index (χ0v) is 19.7. The van der Waals surface area contributed by atoms with Crippen LogP contribution in [-0.2, 0) is 9.53 Å². The first-order chi connectivity index (χ1) is 13.3. The van der Waals surface area contributed by atoms with E-state index >= 15 is 0 Å². The molecule has 29 heavy (non-hydrogen) atoms. The van der Waals surface area contributed by atoms with Gasteiger partial charge in [-0.15, -0.1) is 35.8 Å². The molecule has 9 atom stereocenters. The Morgan fingerprint density at radius 1 is 1.28 bits per heavy atom. The van der Waals surface area contributed by atoms with Gasteiger partial charge < -0.3 is 30.7 Å². The van der Waals surface area contributed by atoms with Crippen molar-refractivity contribution in [2.45, 2.75) is 93.3 Å². The zero-order valence-electron chi connectivity index (χ0n) is 17.3. The number of nitrogens with one attached hydrogen (secondary N) is 2. The molecule has 2 saturated heterocycles. The molecule has 2 aliphatic rings. The molecule has 0 aromatic rings. The third-order valence-corrected chi connectivity index (χ3v) is 6.88. The normalized spacial score (nSPS) is 36.9. The minimum absolute atomic E-state index is 0. The molecule has 0 aromatic carbocycles. The second-order valence-corrected chi connectivity index (χ2v) is 9.57. The van der Waals surface area contributed by atoms with Gasteiger partial charge in [0.2, 0.25) is 5.91 Å². The van der Waals surface area contributed by atoms with Gasteiger partial charge in [0.05, 0.1) is 17.5 Å². The van der Waals surface area contributed by atoms with E-state index in [1.54, 1.807) is 13.2 Å². The van der Waals surface area contributed by atoms with Crippen molar-refractivity contribution in [3.8, 4) is 0 Å². The van der Waals surface area contributed by atoms with E-state index in [0.29, 0.717) is 5.92 Å². The third kappa shape index (κ3) is 7.10. The number of halogens is 2. The number of aliphatic hydroxyl groups excluding tert-OH is 3. The van der Waals surface area contributed by atoms with Crippen molar-refractivity contribution in [1.29, 1.82) is 0 Å². The number of rotatable bonds is 9. The summed E-state index contributed by atoms with van der Waals surface area (Å²) in [4.78, 5) is 12.8. The maximum atomic E-state index is 12.8. The molecule has 0 radical (unpaired) electrons. The second-order valence-electron chi connectivity index (χ2n) is 7.95. The van der Waals surface area contributed by atoms with Gasteiger partial charge in [-0.1, -0.05) is 26.2 Å². The number of thioether (sulfide) groups is 1. The Hall–Kier alpha value is 0.200. The fourth-order valence-electron chi connectivity index (χ4n) is 4.00. The smallest absolute Gasteiger partial charge is 0.237 e. The molecule has 7 nitrogen and oxygen atoms in total. The fraction of sp³-hybridized carbons (Fsp3) is 0.947. The van der Waals surface area contributed by atoms with Gasteiger partial charge in [-0.05, 0) is 38.5 Å². The SMILES string of the molecule is CCCCCC1CNC(C(=O)NC(C(C)Cl)C2OC(SC)C(O)C(O)C2O)C1.Cl. The number of hydrogen-bond acceptors (Lipinski definition) is 7. The summed E-state index contributed by atoms with van der Waals surface area (Å²) in [7, 11) is 0. The highest BCUT2D eigenvalue weighted by Crippen LogP contribution is 2.30. The minimum atomic E-state index is -1.36. The van der Waals surface area contributed by atoms with Crippen molar-refractivity contribution in [3.63, 3.8) is 0 Å². The van der Waals surface area contributed by atoms with Crippen LogP contribution in [0.2, 0.25) is 0 Å². The summed E-state index contributed by atoms with van der Waals surface area (Å²) in [5.74, 6) is 0.316. The van der Waals surface area contributed by atoms with Crippen LogP contribution < -0.4 is 10.6 Å². The van der Waals surface area contributed by atoms with E-state index in [1.807, 2.05) is 0 Å². The Morgan fingerprint density at radius 3 is 2.55 bits per heavy atom. The molecule has 2 aliphatic heterocycles. The van der Waals surface area contributed by atoms with Crippen LogP contribution in [0.4, 0.5) is 0 Å². The fourth-order valence-corrected chi connectivity index (χ4v) is 4.89. The van der Waals surface area contributed by atoms with Crippen molar-refractivity contribution < 1.29 is 24.9 Å². The summed E-state index contributed by atoms with van der Waals surface area (Å²) in [5.41, 5.74) is -0.703. The lowest BCUT2D eigenvalue weighted by Gasteiger charge is -2.44. The van der Waals surface area contributed by atoms with Crippen molar-refractivity contribution >= 4 is 41.7 Å². The molecular weight excluding hydrogens is 439 g/mol. The number of carbonyl (C=O) groups excluding carboxylic acids is 1. The molecule has 10 heteroatoms. The molecule has 0 aliphatic carbocycles. The van der Waals surface area contributed by atoms with Crippen molar-refractivity contribution in [3.05, 3.63) is 0 Å². The first-order valence-corrected chi connectivity index (χ1v) is 11.9. The molecule has 172 valence electrons. The molecule has 9 unspecified atom stereocenters. The second kappa shape index (κ2) is 12.9. The lowest BCUT2D eigenvalue weighted by atomic mass is 9.92. The van der Waals surface area contributed by atoms with Gasteiger partial charge in [-0.25, -0.2) is 0 Å². The average molecular weight is 475 g/mol. The third-order valence-electron chi connectivity index (χ3n) is 5.75. The van der Waals surface area contributed by atoms with E-state index in [0.717, 1.165) is 19.4 Å². The van der Waals surface area contributed by atoms with Gasteiger partial charge in [0.1, 0.15) is 29.9 Å². The first-order valence-electron chi connectivity index (χ1n) is 10.2. The number of carbonyl (C=O) groups is 1. The van der Waals surface area contributed by atoms with Crippen LogP contribution in [-0.4, -0.2) is 81.3 Å². The van der Waals surface area contributed by atoms with Crippen LogP contribution >= 0.6 is 35.8 Å². The molecule has 0 saturated carbocycles. The highest BCUT2D eigenvalue weighted by molar-refractivity contribution is 7.99. The summed E-state index contributed by atoms with van der Waals surface area (Å²) < 4.78 is 5.79. The van der Waals surface area contributed by atoms with Crippen LogP contribution in [0.1, 0.15) is 46.0 Å². The summed E-state index contributed by atoms with van der Waals surface area (Å²) in [6, 6.07) is -0.987. The van der Waals surface area contributed by atoms with Crippen LogP contribution in [0.5, 0.6) is 0 Å². The molecule has 2 fully saturated rings. The highest BCUT2D eigenvalue weighted by Gasteiger charge is 2.48. The molecule has 1 amide bonds. The Balaban J connectivity index is 0.00000420. The quantitative estimate of drug-likeness (QED) is 0.252. The van der Waals surface area contributed by atoms with Gasteiger partial charge in [-0.2, -0.15) is 0 Å². The number of alkyl halides is 1. The number of hydrogen-bond donors (Lipinski definition) is 5. The molecule has 0 spiro atoms. The standard InChI is InChI=1S/C19H35ClN2O5S.ClH/c1-4-5-6-7-11-8-12(21-9-11)18(26)22-13(10(2)20)17-15(24)14(23)16(25)19(27-17)28-3;/h10-17,19,21,23-25H,4-9H2,1-3H3,(H,22,26);1H. The Bertz CT molecular complexity index is 503. The van der Waals surface area contributed by atoms with E-state index in [9.17, 15) is 20.1 Å². The summed E-state index contributed by atoms with van der Waals surface area (Å²) in [6.45, 7) is 4.71. The predicted molar refractivity (Wildman–Crippen MR) is 119 cm³/mol. The van der Waals surface area contributed by atoms with E-state index in [4.69, 9.17) is 16.3 Å². The average Bonchev–Trinajstić information content (AvgIpc) is 3.14. The predicted octanol–water partition coefficient (Wildman–Crippen LogP) is 1.25. The number of aliphatic hydroxyl groups is 3. The van der Waals surface area contributed by atoms with Crippen molar-refractivity contribution in [2.24, 2.45) is 5.92 Å². The van der Waals surface area contributed by atoms with Crippen LogP contribution in [0.25, 0.3) is 0 Å². The van der Waals surface area contributed by atoms with E-state index in [-0.39, 0.29) is 24.4 Å². The first kappa shape index (κ1) is 27.2. The molecule has 2 heterocycles. The topological polar surface area (TPSA) is 111 Å². The van der Waals surface area contributed by atoms with Crippen molar-refractivity contribution in [2.75, 3.05) is 12.8 Å². The Morgan fingerprint density at radius 2 is 1.97 bits per heavy atom. The number of ether oxygens (including phenoxy) is 1. The van der Waals surface area contributed by atoms with E-state index in [1.165, 1.54) is 31.0 Å². The molecule has 0 bridgehead atoms.